The molecule has 2 N–H and O–H groups in total. The summed E-state index contributed by atoms with van der Waals surface area (Å²) in [4.78, 5) is 41.6. The number of nitrogens with one attached hydrogen (secondary N) is 2. The minimum Gasteiger partial charge on any atom is -0.341 e. The molecule has 2 saturated heterocycles. The maximum absolute atomic E-state index is 14.4. The van der Waals surface area contributed by atoms with Gasteiger partial charge < -0.3 is 4.90 Å². The molecule has 0 bridgehead atoms. The topological polar surface area (TPSA) is 133 Å². The van der Waals surface area contributed by atoms with Crippen LogP contribution in [0, 0.1) is 17.2 Å². The van der Waals surface area contributed by atoms with Crippen LogP contribution in [-0.4, -0.2) is 72.3 Å². The van der Waals surface area contributed by atoms with Gasteiger partial charge in [-0.1, -0.05) is 19.9 Å². The molecule has 3 heterocycles. The first kappa shape index (κ1) is 30.6. The lowest BCUT2D eigenvalue weighted by Gasteiger charge is -2.41. The smallest absolute Gasteiger partial charge is 0.341 e. The first-order valence-electron chi connectivity index (χ1n) is 13.5. The summed E-state index contributed by atoms with van der Waals surface area (Å²) in [6.45, 7) is 3.10. The van der Waals surface area contributed by atoms with Crippen molar-refractivity contribution in [2.45, 2.75) is 49.7 Å². The van der Waals surface area contributed by atoms with E-state index in [2.05, 4.69) is 14.9 Å². The van der Waals surface area contributed by atoms with Gasteiger partial charge in [0.15, 0.2) is 0 Å². The highest BCUT2D eigenvalue weighted by atomic mass is 32.2. The van der Waals surface area contributed by atoms with E-state index in [0.717, 1.165) is 15.8 Å². The number of fused-ring (bicyclic) bond motifs is 1. The average molecular weight is 624 g/mol. The molecule has 1 spiro atoms. The summed E-state index contributed by atoms with van der Waals surface area (Å²) in [5.41, 5.74) is -1.10. The molecule has 2 aliphatic heterocycles. The monoisotopic (exact) mass is 623 g/mol. The number of sulfonamides is 1. The number of piperidine rings is 1. The van der Waals surface area contributed by atoms with Crippen molar-refractivity contribution in [2.75, 3.05) is 20.1 Å². The number of imide groups is 1. The van der Waals surface area contributed by atoms with Gasteiger partial charge in [0.1, 0.15) is 16.8 Å². The SMILES string of the molecule is CC(C)[C@@H](NS(=O)(=O)c1cc(C(F)(F)F)ccc1F)C(=O)N1CCC2(CC1)C(=O)N(C)C(=O)C2c1ccc2[nH]ncc2c1. The number of nitrogens with zero attached hydrogens (tertiary/aromatic N) is 3. The van der Waals surface area contributed by atoms with Crippen LogP contribution in [0.15, 0.2) is 47.5 Å². The maximum Gasteiger partial charge on any atom is 0.416 e. The molecule has 230 valence electrons. The van der Waals surface area contributed by atoms with E-state index >= 15 is 0 Å². The third-order valence-corrected chi connectivity index (χ3v) is 9.84. The van der Waals surface area contributed by atoms with E-state index in [0.29, 0.717) is 17.7 Å². The zero-order valence-corrected chi connectivity index (χ0v) is 24.2. The number of H-pyrrole nitrogens is 1. The van der Waals surface area contributed by atoms with Crippen LogP contribution >= 0.6 is 0 Å². The van der Waals surface area contributed by atoms with Crippen molar-refractivity contribution in [3.8, 4) is 0 Å². The minimum absolute atomic E-state index is 0.0129. The molecule has 3 amide bonds. The number of halogens is 4. The van der Waals surface area contributed by atoms with Crippen molar-refractivity contribution in [3.63, 3.8) is 0 Å². The van der Waals surface area contributed by atoms with E-state index < -0.39 is 61.7 Å². The van der Waals surface area contributed by atoms with Crippen LogP contribution in [0.4, 0.5) is 17.6 Å². The van der Waals surface area contributed by atoms with E-state index in [1.807, 2.05) is 0 Å². The molecule has 2 aromatic carbocycles. The summed E-state index contributed by atoms with van der Waals surface area (Å²) in [5, 5.41) is 7.60. The molecule has 0 radical (unpaired) electrons. The van der Waals surface area contributed by atoms with Crippen molar-refractivity contribution in [2.24, 2.45) is 11.3 Å². The zero-order chi connectivity index (χ0) is 31.5. The van der Waals surface area contributed by atoms with Crippen LogP contribution in [0.2, 0.25) is 0 Å². The number of benzene rings is 2. The van der Waals surface area contributed by atoms with Crippen molar-refractivity contribution in [3.05, 3.63) is 59.5 Å². The molecule has 0 aliphatic carbocycles. The largest absolute Gasteiger partial charge is 0.416 e. The molecular formula is C28H29F4N5O5S. The number of amides is 3. The Morgan fingerprint density at radius 2 is 1.79 bits per heavy atom. The molecule has 2 fully saturated rings. The molecule has 3 aromatic rings. The van der Waals surface area contributed by atoms with Crippen molar-refractivity contribution < 1.29 is 40.4 Å². The third-order valence-electron chi connectivity index (χ3n) is 8.39. The van der Waals surface area contributed by atoms with Crippen LogP contribution in [0.25, 0.3) is 10.9 Å². The summed E-state index contributed by atoms with van der Waals surface area (Å²) in [7, 11) is -3.48. The van der Waals surface area contributed by atoms with Crippen molar-refractivity contribution in [1.29, 1.82) is 0 Å². The van der Waals surface area contributed by atoms with Gasteiger partial charge in [0, 0.05) is 25.5 Å². The Morgan fingerprint density at radius 3 is 2.42 bits per heavy atom. The van der Waals surface area contributed by atoms with Crippen LogP contribution in [0.3, 0.4) is 0 Å². The quantitative estimate of drug-likeness (QED) is 0.320. The fraction of sp³-hybridized carbons (Fsp3) is 0.429. The number of alkyl halides is 3. The summed E-state index contributed by atoms with van der Waals surface area (Å²) in [6.07, 6.45) is -3.08. The second kappa shape index (κ2) is 10.7. The number of aromatic nitrogens is 2. The highest BCUT2D eigenvalue weighted by molar-refractivity contribution is 7.89. The van der Waals surface area contributed by atoms with E-state index in [4.69, 9.17) is 0 Å². The number of hydrogen-bond acceptors (Lipinski definition) is 6. The van der Waals surface area contributed by atoms with Gasteiger partial charge in [-0.05, 0) is 54.7 Å². The Kier molecular flexibility index (Phi) is 7.61. The first-order chi connectivity index (χ1) is 20.1. The summed E-state index contributed by atoms with van der Waals surface area (Å²) < 4.78 is 82.2. The molecule has 5 rings (SSSR count). The fourth-order valence-corrected chi connectivity index (χ4v) is 7.44. The summed E-state index contributed by atoms with van der Waals surface area (Å²) in [6, 6.07) is 4.91. The highest BCUT2D eigenvalue weighted by Crippen LogP contribution is 2.51. The Bertz CT molecular complexity index is 1710. The molecule has 2 aliphatic rings. The van der Waals surface area contributed by atoms with Crippen LogP contribution in [0.1, 0.15) is 43.7 Å². The lowest BCUT2D eigenvalue weighted by molar-refractivity contribution is -0.144. The zero-order valence-electron chi connectivity index (χ0n) is 23.4. The summed E-state index contributed by atoms with van der Waals surface area (Å²) >= 11 is 0. The molecule has 1 unspecified atom stereocenters. The van der Waals surface area contributed by atoms with Gasteiger partial charge >= 0.3 is 6.18 Å². The highest BCUT2D eigenvalue weighted by Gasteiger charge is 2.59. The predicted octanol–water partition coefficient (Wildman–Crippen LogP) is 3.41. The number of rotatable bonds is 6. The van der Waals surface area contributed by atoms with E-state index in [9.17, 15) is 40.4 Å². The normalized spacial score (nSPS) is 20.0. The standard InChI is InChI=1S/C28H29F4N5O5S/c1-15(2)23(35-43(41,42)21-13-18(28(30,31)32)5-6-19(21)29)25(39)37-10-8-27(9-11-37)22(24(38)36(3)26(27)40)16-4-7-20-17(12-16)14-33-34-20/h4-7,12-15,22-23,35H,8-11H2,1-3H3,(H,33,34)/t22?,23-/m1/s1. The fourth-order valence-electron chi connectivity index (χ4n) is 6.00. The first-order valence-corrected chi connectivity index (χ1v) is 15.0. The van der Waals surface area contributed by atoms with Gasteiger partial charge in [-0.3, -0.25) is 24.4 Å². The second-order valence-electron chi connectivity index (χ2n) is 11.3. The molecular weight excluding hydrogens is 594 g/mol. The van der Waals surface area contributed by atoms with Crippen molar-refractivity contribution >= 4 is 38.6 Å². The lowest BCUT2D eigenvalue weighted by atomic mass is 9.67. The number of carbonyl (C=O) groups is 3. The number of likely N-dealkylation sites (N-methyl/N-ethyl adjacent to an activating group) is 1. The molecule has 0 saturated carbocycles. The van der Waals surface area contributed by atoms with E-state index in [-0.39, 0.29) is 43.8 Å². The molecule has 1 aromatic heterocycles. The third kappa shape index (κ3) is 5.28. The number of aromatic amines is 1. The molecule has 2 atom stereocenters. The summed E-state index contributed by atoms with van der Waals surface area (Å²) in [5.74, 6) is -4.29. The number of likely N-dealkylation sites (tertiary alicyclic amines) is 2. The van der Waals surface area contributed by atoms with Crippen LogP contribution in [-0.2, 0) is 30.6 Å². The van der Waals surface area contributed by atoms with Crippen LogP contribution < -0.4 is 4.72 Å². The molecule has 15 heteroatoms. The van der Waals surface area contributed by atoms with E-state index in [1.54, 1.807) is 24.4 Å². The average Bonchev–Trinajstić information content (AvgIpc) is 3.48. The lowest BCUT2D eigenvalue weighted by Crippen LogP contribution is -2.55. The van der Waals surface area contributed by atoms with Gasteiger partial charge in [0.2, 0.25) is 27.7 Å². The Balaban J connectivity index is 1.38. The van der Waals surface area contributed by atoms with Crippen molar-refractivity contribution in [1.82, 2.24) is 24.7 Å². The number of carbonyl (C=O) groups excluding carboxylic acids is 3. The van der Waals surface area contributed by atoms with Gasteiger partial charge in [0.25, 0.3) is 0 Å². The van der Waals surface area contributed by atoms with Gasteiger partial charge in [-0.2, -0.15) is 23.0 Å². The van der Waals surface area contributed by atoms with Gasteiger partial charge in [-0.25, -0.2) is 12.8 Å². The predicted molar refractivity (Wildman–Crippen MR) is 145 cm³/mol. The van der Waals surface area contributed by atoms with Gasteiger partial charge in [-0.15, -0.1) is 0 Å². The Morgan fingerprint density at radius 1 is 1.12 bits per heavy atom. The Hall–Kier alpha value is -3.85. The molecule has 43 heavy (non-hydrogen) atoms. The van der Waals surface area contributed by atoms with Gasteiger partial charge in [0.05, 0.1) is 28.6 Å². The number of hydrogen-bond donors (Lipinski definition) is 2. The van der Waals surface area contributed by atoms with E-state index in [1.165, 1.54) is 25.8 Å². The minimum atomic E-state index is -4.91. The second-order valence-corrected chi connectivity index (χ2v) is 13.0. The van der Waals surface area contributed by atoms with Crippen LogP contribution in [0.5, 0.6) is 0 Å². The Labute approximate surface area is 244 Å². The maximum atomic E-state index is 14.4. The molecule has 10 nitrogen and oxygen atoms in total.